The summed E-state index contributed by atoms with van der Waals surface area (Å²) < 4.78 is 0. The first-order chi connectivity index (χ1) is 5.18. The van der Waals surface area contributed by atoms with Crippen molar-refractivity contribution >= 4 is 0 Å². The molecular weight excluding hydrogens is 142 g/mol. The minimum atomic E-state index is -0.417. The Kier molecular flexibility index (Phi) is 4.73. The van der Waals surface area contributed by atoms with E-state index >= 15 is 0 Å². The maximum atomic E-state index is 10.0. The third-order valence-corrected chi connectivity index (χ3v) is 1.04. The lowest BCUT2D eigenvalue weighted by Crippen LogP contribution is -1.91. The highest BCUT2D eigenvalue weighted by Gasteiger charge is 1.96. The molecule has 0 rings (SSSR count). The van der Waals surface area contributed by atoms with E-state index in [2.05, 4.69) is 0 Å². The van der Waals surface area contributed by atoms with Gasteiger partial charge in [0.25, 0.3) is 0 Å². The maximum Gasteiger partial charge on any atom is 0.243 e. The lowest BCUT2D eigenvalue weighted by Gasteiger charge is -1.83. The van der Waals surface area contributed by atoms with Crippen molar-refractivity contribution in [2.45, 2.75) is 13.8 Å². The Morgan fingerprint density at radius 3 is 2.45 bits per heavy atom. The summed E-state index contributed by atoms with van der Waals surface area (Å²) >= 11 is 0. The molecule has 0 saturated carbocycles. The molecule has 0 aliphatic carbocycles. The van der Waals surface area contributed by atoms with Gasteiger partial charge in [-0.05, 0) is 6.92 Å². The van der Waals surface area contributed by atoms with Crippen molar-refractivity contribution in [3.8, 4) is 0 Å². The Morgan fingerprint density at radius 2 is 2.00 bits per heavy atom. The van der Waals surface area contributed by atoms with E-state index in [1.807, 2.05) is 19.1 Å². The second kappa shape index (κ2) is 5.41. The number of hydrogen-bond acceptors (Lipinski definition) is 2. The van der Waals surface area contributed by atoms with E-state index < -0.39 is 4.92 Å². The van der Waals surface area contributed by atoms with Gasteiger partial charge in [0.15, 0.2) is 0 Å². The molecule has 0 aromatic carbocycles. The van der Waals surface area contributed by atoms with E-state index in [1.54, 1.807) is 12.2 Å². The first-order valence-corrected chi connectivity index (χ1v) is 3.29. The van der Waals surface area contributed by atoms with Crippen LogP contribution in [0.1, 0.15) is 13.8 Å². The summed E-state index contributed by atoms with van der Waals surface area (Å²) in [5, 5.41) is 10.0. The van der Waals surface area contributed by atoms with E-state index in [-0.39, 0.29) is 5.70 Å². The Hall–Kier alpha value is -1.38. The molecule has 0 heterocycles. The van der Waals surface area contributed by atoms with Crippen molar-refractivity contribution in [1.29, 1.82) is 0 Å². The zero-order valence-electron chi connectivity index (χ0n) is 6.65. The molecule has 0 fully saturated rings. The standard InChI is InChI=1S/C8H11NO2/c1-3-4-5-6-7-8(2)9(10)11/h3-7H,1-2H3/b4-3+,6-5-,8-7+. The Balaban J connectivity index is 4.01. The molecule has 0 atom stereocenters. The molecule has 0 amide bonds. The summed E-state index contributed by atoms with van der Waals surface area (Å²) in [7, 11) is 0. The van der Waals surface area contributed by atoms with Gasteiger partial charge in [0.05, 0.1) is 4.92 Å². The van der Waals surface area contributed by atoms with Crippen molar-refractivity contribution in [1.82, 2.24) is 0 Å². The fraction of sp³-hybridized carbons (Fsp3) is 0.250. The van der Waals surface area contributed by atoms with Crippen LogP contribution in [0.25, 0.3) is 0 Å². The van der Waals surface area contributed by atoms with E-state index in [0.29, 0.717) is 0 Å². The first-order valence-electron chi connectivity index (χ1n) is 3.29. The van der Waals surface area contributed by atoms with Crippen molar-refractivity contribution in [2.24, 2.45) is 0 Å². The van der Waals surface area contributed by atoms with Crippen LogP contribution in [0.2, 0.25) is 0 Å². The monoisotopic (exact) mass is 153 g/mol. The third kappa shape index (κ3) is 5.08. The van der Waals surface area contributed by atoms with Crippen LogP contribution in [0, 0.1) is 10.1 Å². The molecule has 0 unspecified atom stereocenters. The summed E-state index contributed by atoms with van der Waals surface area (Å²) in [4.78, 5) is 9.63. The molecule has 60 valence electrons. The Bertz CT molecular complexity index is 214. The SMILES string of the molecule is C/C=C/C=C\C=C(/C)[N+](=O)[O-]. The van der Waals surface area contributed by atoms with Crippen molar-refractivity contribution < 1.29 is 4.92 Å². The predicted molar refractivity (Wildman–Crippen MR) is 44.7 cm³/mol. The minimum Gasteiger partial charge on any atom is -0.259 e. The van der Waals surface area contributed by atoms with Crippen molar-refractivity contribution in [3.63, 3.8) is 0 Å². The highest BCUT2D eigenvalue weighted by molar-refractivity contribution is 5.11. The van der Waals surface area contributed by atoms with Crippen molar-refractivity contribution in [3.05, 3.63) is 46.2 Å². The second-order valence-electron chi connectivity index (χ2n) is 1.98. The van der Waals surface area contributed by atoms with Gasteiger partial charge in [0, 0.05) is 13.0 Å². The largest absolute Gasteiger partial charge is 0.259 e. The molecule has 0 spiro atoms. The normalized spacial score (nSPS) is 13.1. The second-order valence-corrected chi connectivity index (χ2v) is 1.98. The van der Waals surface area contributed by atoms with Crippen LogP contribution in [0.5, 0.6) is 0 Å². The lowest BCUT2D eigenvalue weighted by atomic mass is 10.4. The number of hydrogen-bond donors (Lipinski definition) is 0. The van der Waals surface area contributed by atoms with Gasteiger partial charge in [-0.2, -0.15) is 0 Å². The van der Waals surface area contributed by atoms with Gasteiger partial charge in [-0.1, -0.05) is 24.3 Å². The fourth-order valence-corrected chi connectivity index (χ4v) is 0.431. The molecule has 0 radical (unpaired) electrons. The summed E-state index contributed by atoms with van der Waals surface area (Å²) in [6.45, 7) is 3.34. The van der Waals surface area contributed by atoms with Crippen molar-refractivity contribution in [2.75, 3.05) is 0 Å². The van der Waals surface area contributed by atoms with Gasteiger partial charge < -0.3 is 0 Å². The van der Waals surface area contributed by atoms with E-state index in [4.69, 9.17) is 0 Å². The average Bonchev–Trinajstić information content (AvgIpc) is 1.97. The minimum absolute atomic E-state index is 0.144. The molecule has 3 heteroatoms. The summed E-state index contributed by atoms with van der Waals surface area (Å²) in [6, 6.07) is 0. The molecule has 0 aromatic heterocycles. The number of nitro groups is 1. The van der Waals surface area contributed by atoms with Crippen LogP contribution in [0.3, 0.4) is 0 Å². The van der Waals surface area contributed by atoms with Crippen LogP contribution in [0.15, 0.2) is 36.1 Å². The molecule has 0 N–H and O–H groups in total. The molecule has 0 aliphatic rings. The van der Waals surface area contributed by atoms with Gasteiger partial charge in [-0.3, -0.25) is 10.1 Å². The third-order valence-electron chi connectivity index (χ3n) is 1.04. The zero-order valence-corrected chi connectivity index (χ0v) is 6.65. The molecule has 0 aliphatic heterocycles. The molecule has 0 aromatic rings. The topological polar surface area (TPSA) is 43.1 Å². The highest BCUT2D eigenvalue weighted by Crippen LogP contribution is 1.92. The fourth-order valence-electron chi connectivity index (χ4n) is 0.431. The predicted octanol–water partition coefficient (Wildman–Crippen LogP) is 2.30. The quantitative estimate of drug-likeness (QED) is 0.354. The Labute approximate surface area is 65.9 Å². The van der Waals surface area contributed by atoms with Crippen LogP contribution in [-0.4, -0.2) is 4.92 Å². The summed E-state index contributed by atoms with van der Waals surface area (Å²) in [6.07, 6.45) is 8.50. The maximum absolute atomic E-state index is 10.0. The van der Waals surface area contributed by atoms with E-state index in [0.717, 1.165) is 0 Å². The van der Waals surface area contributed by atoms with Crippen LogP contribution in [-0.2, 0) is 0 Å². The van der Waals surface area contributed by atoms with Gasteiger partial charge in [-0.25, -0.2) is 0 Å². The Morgan fingerprint density at radius 1 is 1.36 bits per heavy atom. The molecule has 0 bridgehead atoms. The molecule has 3 nitrogen and oxygen atoms in total. The van der Waals surface area contributed by atoms with Gasteiger partial charge in [0.2, 0.25) is 5.70 Å². The number of allylic oxidation sites excluding steroid dienone is 6. The van der Waals surface area contributed by atoms with Crippen LogP contribution in [0.4, 0.5) is 0 Å². The first kappa shape index (κ1) is 9.62. The number of rotatable bonds is 3. The molecule has 11 heavy (non-hydrogen) atoms. The summed E-state index contributed by atoms with van der Waals surface area (Å²) in [5.41, 5.74) is 0.144. The van der Waals surface area contributed by atoms with Crippen LogP contribution < -0.4 is 0 Å². The smallest absolute Gasteiger partial charge is 0.243 e. The average molecular weight is 153 g/mol. The van der Waals surface area contributed by atoms with Gasteiger partial charge in [0.1, 0.15) is 0 Å². The zero-order chi connectivity index (χ0) is 8.69. The number of nitrogens with zero attached hydrogens (tertiary/aromatic N) is 1. The molecule has 0 saturated heterocycles. The lowest BCUT2D eigenvalue weighted by molar-refractivity contribution is -0.424. The van der Waals surface area contributed by atoms with E-state index in [9.17, 15) is 10.1 Å². The molecular formula is C8H11NO2. The van der Waals surface area contributed by atoms with Gasteiger partial charge in [-0.15, -0.1) is 0 Å². The van der Waals surface area contributed by atoms with Gasteiger partial charge >= 0.3 is 0 Å². The highest BCUT2D eigenvalue weighted by atomic mass is 16.6. The van der Waals surface area contributed by atoms with E-state index in [1.165, 1.54) is 13.0 Å². The summed E-state index contributed by atoms with van der Waals surface area (Å²) in [5.74, 6) is 0. The van der Waals surface area contributed by atoms with Crippen LogP contribution >= 0.6 is 0 Å².